The van der Waals surface area contributed by atoms with Gasteiger partial charge in [-0.15, -0.1) is 0 Å². The van der Waals surface area contributed by atoms with Gasteiger partial charge in [-0.25, -0.2) is 4.39 Å². The van der Waals surface area contributed by atoms with Crippen LogP contribution in [0.15, 0.2) is 29.2 Å². The van der Waals surface area contributed by atoms with Crippen molar-refractivity contribution >= 4 is 0 Å². The molecule has 0 atom stereocenters. The lowest BCUT2D eigenvalue weighted by molar-refractivity contribution is 0.430. The molecule has 0 amide bonds. The molecule has 4 nitrogen and oxygen atoms in total. The third kappa shape index (κ3) is 3.13. The number of pyridine rings is 1. The molecule has 0 bridgehead atoms. The monoisotopic (exact) mass is 249 g/mol. The summed E-state index contributed by atoms with van der Waals surface area (Å²) in [4.78, 5) is 3.81. The normalized spacial score (nSPS) is 11.1. The molecule has 0 aromatic carbocycles. The van der Waals surface area contributed by atoms with Crippen molar-refractivity contribution in [2.45, 2.75) is 20.4 Å². The van der Waals surface area contributed by atoms with E-state index >= 15 is 0 Å². The summed E-state index contributed by atoms with van der Waals surface area (Å²) in [7, 11) is 0. The van der Waals surface area contributed by atoms with Gasteiger partial charge in [0.1, 0.15) is 5.82 Å². The lowest BCUT2D eigenvalue weighted by Gasteiger charge is -2.06. The maximum absolute atomic E-state index is 13.1. The molecule has 2 rings (SSSR count). The Hall–Kier alpha value is -1.75. The van der Waals surface area contributed by atoms with Gasteiger partial charge in [0.05, 0.1) is 12.4 Å². The van der Waals surface area contributed by atoms with Crippen LogP contribution in [0.1, 0.15) is 19.4 Å². The number of hydrogen-bond donors (Lipinski definition) is 1. The predicted octanol–water partition coefficient (Wildman–Crippen LogP) is 2.62. The van der Waals surface area contributed by atoms with Gasteiger partial charge < -0.3 is 9.84 Å². The lowest BCUT2D eigenvalue weighted by atomic mass is 10.1. The van der Waals surface area contributed by atoms with Crippen LogP contribution in [0, 0.1) is 11.7 Å². The predicted molar refractivity (Wildman–Crippen MR) is 66.2 cm³/mol. The highest BCUT2D eigenvalue weighted by molar-refractivity contribution is 5.59. The van der Waals surface area contributed by atoms with Gasteiger partial charge >= 0.3 is 0 Å². The van der Waals surface area contributed by atoms with E-state index in [4.69, 9.17) is 4.52 Å². The number of aromatic nitrogens is 2. The average molecular weight is 249 g/mol. The van der Waals surface area contributed by atoms with E-state index in [1.54, 1.807) is 12.4 Å². The van der Waals surface area contributed by atoms with Gasteiger partial charge in [-0.1, -0.05) is 19.0 Å². The van der Waals surface area contributed by atoms with Gasteiger partial charge in [0.25, 0.3) is 0 Å². The third-order valence-electron chi connectivity index (χ3n) is 2.48. The number of hydrogen-bond acceptors (Lipinski definition) is 4. The maximum atomic E-state index is 13.1. The fourth-order valence-electron chi connectivity index (χ4n) is 1.66. The molecule has 96 valence electrons. The third-order valence-corrected chi connectivity index (χ3v) is 2.48. The summed E-state index contributed by atoms with van der Waals surface area (Å²) in [6, 6.07) is 1.39. The first-order chi connectivity index (χ1) is 8.66. The SMILES string of the molecule is CC(C)CNCc1cnoc1-c1cncc(F)c1. The Bertz CT molecular complexity index is 510. The van der Waals surface area contributed by atoms with E-state index < -0.39 is 0 Å². The summed E-state index contributed by atoms with van der Waals surface area (Å²) >= 11 is 0. The van der Waals surface area contributed by atoms with Crippen molar-refractivity contribution in [1.82, 2.24) is 15.5 Å². The van der Waals surface area contributed by atoms with Gasteiger partial charge in [-0.3, -0.25) is 4.98 Å². The van der Waals surface area contributed by atoms with Crippen LogP contribution in [-0.4, -0.2) is 16.7 Å². The van der Waals surface area contributed by atoms with Gasteiger partial charge in [-0.05, 0) is 18.5 Å². The van der Waals surface area contributed by atoms with Crippen molar-refractivity contribution in [2.75, 3.05) is 6.54 Å². The first kappa shape index (κ1) is 12.7. The molecule has 5 heteroatoms. The molecule has 0 aliphatic carbocycles. The molecule has 0 unspecified atom stereocenters. The van der Waals surface area contributed by atoms with Gasteiger partial charge in [0.15, 0.2) is 5.76 Å². The highest BCUT2D eigenvalue weighted by atomic mass is 19.1. The topological polar surface area (TPSA) is 51.0 Å². The van der Waals surface area contributed by atoms with Crippen molar-refractivity contribution in [3.63, 3.8) is 0 Å². The molecule has 1 N–H and O–H groups in total. The molecule has 0 fully saturated rings. The molecule has 2 heterocycles. The first-order valence-corrected chi connectivity index (χ1v) is 5.92. The van der Waals surface area contributed by atoms with Crippen LogP contribution in [0.4, 0.5) is 4.39 Å². The molecule has 0 saturated carbocycles. The average Bonchev–Trinajstić information content (AvgIpc) is 2.77. The second kappa shape index (κ2) is 5.73. The Morgan fingerprint density at radius 2 is 2.17 bits per heavy atom. The van der Waals surface area contributed by atoms with E-state index in [1.165, 1.54) is 6.07 Å². The van der Waals surface area contributed by atoms with Gasteiger partial charge in [-0.2, -0.15) is 0 Å². The maximum Gasteiger partial charge on any atom is 0.172 e. The van der Waals surface area contributed by atoms with Crippen LogP contribution in [-0.2, 0) is 6.54 Å². The Morgan fingerprint density at radius 1 is 1.33 bits per heavy atom. The summed E-state index contributed by atoms with van der Waals surface area (Å²) in [5.74, 6) is 0.757. The Balaban J connectivity index is 2.12. The summed E-state index contributed by atoms with van der Waals surface area (Å²) in [5, 5.41) is 7.06. The smallest absolute Gasteiger partial charge is 0.172 e. The number of halogens is 1. The van der Waals surface area contributed by atoms with Crippen molar-refractivity contribution in [3.05, 3.63) is 36.0 Å². The van der Waals surface area contributed by atoms with E-state index in [0.717, 1.165) is 18.3 Å². The zero-order valence-electron chi connectivity index (χ0n) is 10.5. The molecule has 2 aromatic rings. The molecule has 18 heavy (non-hydrogen) atoms. The summed E-state index contributed by atoms with van der Waals surface area (Å²) in [6.07, 6.45) is 4.37. The van der Waals surface area contributed by atoms with Crippen molar-refractivity contribution < 1.29 is 8.91 Å². The fraction of sp³-hybridized carbons (Fsp3) is 0.385. The van der Waals surface area contributed by atoms with Crippen LogP contribution in [0.3, 0.4) is 0 Å². The zero-order chi connectivity index (χ0) is 13.0. The zero-order valence-corrected chi connectivity index (χ0v) is 10.5. The minimum atomic E-state index is -0.384. The standard InChI is InChI=1S/C13H16FN3O/c1-9(2)4-15-6-11-7-17-18-13(11)10-3-12(14)8-16-5-10/h3,5,7-9,15H,4,6H2,1-2H3. The number of nitrogens with zero attached hydrogens (tertiary/aromatic N) is 2. The number of nitrogens with one attached hydrogen (secondary N) is 1. The van der Waals surface area contributed by atoms with Crippen LogP contribution in [0.25, 0.3) is 11.3 Å². The Kier molecular flexibility index (Phi) is 4.04. The first-order valence-electron chi connectivity index (χ1n) is 5.92. The van der Waals surface area contributed by atoms with Crippen LogP contribution in [0.2, 0.25) is 0 Å². The molecule has 0 spiro atoms. The Morgan fingerprint density at radius 3 is 2.89 bits per heavy atom. The summed E-state index contributed by atoms with van der Waals surface area (Å²) in [6.45, 7) is 5.83. The van der Waals surface area contributed by atoms with Gasteiger partial charge in [0, 0.05) is 23.9 Å². The fourth-order valence-corrected chi connectivity index (χ4v) is 1.66. The van der Waals surface area contributed by atoms with Crippen LogP contribution in [0.5, 0.6) is 0 Å². The van der Waals surface area contributed by atoms with E-state index in [9.17, 15) is 4.39 Å². The quantitative estimate of drug-likeness (QED) is 0.885. The second-order valence-corrected chi connectivity index (χ2v) is 4.60. The number of rotatable bonds is 5. The van der Waals surface area contributed by atoms with E-state index in [1.807, 2.05) is 0 Å². The second-order valence-electron chi connectivity index (χ2n) is 4.60. The van der Waals surface area contributed by atoms with Crippen molar-refractivity contribution in [3.8, 4) is 11.3 Å². The molecule has 0 aliphatic rings. The minimum Gasteiger partial charge on any atom is -0.356 e. The highest BCUT2D eigenvalue weighted by Gasteiger charge is 2.11. The summed E-state index contributed by atoms with van der Waals surface area (Å²) < 4.78 is 18.3. The molecule has 0 radical (unpaired) electrons. The van der Waals surface area contributed by atoms with Crippen molar-refractivity contribution in [2.24, 2.45) is 5.92 Å². The molecule has 0 aliphatic heterocycles. The molecule has 2 aromatic heterocycles. The van der Waals surface area contributed by atoms with Crippen LogP contribution < -0.4 is 5.32 Å². The lowest BCUT2D eigenvalue weighted by Crippen LogP contribution is -2.18. The van der Waals surface area contributed by atoms with E-state index in [-0.39, 0.29) is 5.82 Å². The molecule has 0 saturated heterocycles. The van der Waals surface area contributed by atoms with Crippen molar-refractivity contribution in [1.29, 1.82) is 0 Å². The minimum absolute atomic E-state index is 0.384. The van der Waals surface area contributed by atoms with E-state index in [2.05, 4.69) is 29.3 Å². The van der Waals surface area contributed by atoms with Gasteiger partial charge in [0.2, 0.25) is 0 Å². The van der Waals surface area contributed by atoms with Crippen LogP contribution >= 0.6 is 0 Å². The van der Waals surface area contributed by atoms with E-state index in [0.29, 0.717) is 23.8 Å². The molecular weight excluding hydrogens is 233 g/mol. The Labute approximate surface area is 105 Å². The highest BCUT2D eigenvalue weighted by Crippen LogP contribution is 2.23. The largest absolute Gasteiger partial charge is 0.356 e. The molecular formula is C13H16FN3O. The summed E-state index contributed by atoms with van der Waals surface area (Å²) in [5.41, 5.74) is 1.51.